The summed E-state index contributed by atoms with van der Waals surface area (Å²) >= 11 is 0. The van der Waals surface area contributed by atoms with Crippen LogP contribution in [0, 0.1) is 93.1 Å². The fourth-order valence-corrected chi connectivity index (χ4v) is 7.07. The molecule has 0 heterocycles. The van der Waals surface area contributed by atoms with Gasteiger partial charge in [-0.05, 0) is 0 Å². The van der Waals surface area contributed by atoms with E-state index in [1.807, 2.05) is 0 Å². The van der Waals surface area contributed by atoms with E-state index in [4.69, 9.17) is 0 Å². The fraction of sp³-hybridized carbons (Fsp3) is 0.143. The summed E-state index contributed by atoms with van der Waals surface area (Å²) in [6, 6.07) is 0. The van der Waals surface area contributed by atoms with Crippen LogP contribution in [0.5, 0.6) is 0 Å². The molecule has 0 amide bonds. The molecule has 48 heavy (non-hydrogen) atoms. The van der Waals surface area contributed by atoms with Crippen LogP contribution in [-0.2, 0) is 5.92 Å². The molecule has 1 aliphatic carbocycles. The third-order valence-electron chi connectivity index (χ3n) is 7.26. The first-order chi connectivity index (χ1) is 21.9. The van der Waals surface area contributed by atoms with Crippen molar-refractivity contribution < 1.29 is 79.0 Å². The molecule has 256 valence electrons. The van der Waals surface area contributed by atoms with E-state index in [1.54, 1.807) is 0 Å². The second-order valence-electron chi connectivity index (χ2n) is 11.1. The molecule has 0 aromatic heterocycles. The van der Waals surface area contributed by atoms with Crippen LogP contribution >= 0.6 is 0 Å². The van der Waals surface area contributed by atoms with Crippen LogP contribution in [0.15, 0.2) is 0 Å². The standard InChI is InChI=1S/C28H9F18NSi/c1-48(2,3)47(26-7(14(33)20(39)23(42)25(26)44)6-12(31)18(37)22(41)19(38)13(6)32)27-16(35)9-5(11(30)24(27)43)4-8(28(9,45)46)15(34)21(40)17(36)10(4)29/h1-3H3. The lowest BCUT2D eigenvalue weighted by Gasteiger charge is -2.39. The van der Waals surface area contributed by atoms with E-state index in [0.717, 1.165) is 19.6 Å². The summed E-state index contributed by atoms with van der Waals surface area (Å²) in [5, 5.41) is 0. The van der Waals surface area contributed by atoms with Gasteiger partial charge < -0.3 is 4.57 Å². The summed E-state index contributed by atoms with van der Waals surface area (Å²) < 4.78 is 267. The van der Waals surface area contributed by atoms with Gasteiger partial charge in [-0.2, -0.15) is 8.78 Å². The van der Waals surface area contributed by atoms with Crippen molar-refractivity contribution in [3.05, 3.63) is 104 Å². The third kappa shape index (κ3) is 4.36. The molecule has 0 N–H and O–H groups in total. The van der Waals surface area contributed by atoms with E-state index in [1.165, 1.54) is 0 Å². The normalized spacial score (nSPS) is 13.7. The highest BCUT2D eigenvalue weighted by Gasteiger charge is 2.56. The van der Waals surface area contributed by atoms with Gasteiger partial charge in [-0.25, -0.2) is 70.2 Å². The first-order valence-corrected chi connectivity index (χ1v) is 16.0. The van der Waals surface area contributed by atoms with Gasteiger partial charge in [-0.15, -0.1) is 0 Å². The minimum absolute atomic E-state index is 0.456. The SMILES string of the molecule is C[Si](C)(C)N(c1c(F)c(F)c2c(c1F)C(F)(F)c1c(F)c(F)c(F)c(F)c1-2)c1c(F)c(F)c(F)c(F)c1-c1c(F)c(F)c(F)c(F)c1F. The number of fused-ring (bicyclic) bond motifs is 3. The molecule has 0 radical (unpaired) electrons. The summed E-state index contributed by atoms with van der Waals surface area (Å²) in [4.78, 5) is 0. The van der Waals surface area contributed by atoms with E-state index in [0.29, 0.717) is 0 Å². The number of alkyl halides is 2. The molecular weight excluding hydrogens is 720 g/mol. The predicted octanol–water partition coefficient (Wildman–Crippen LogP) is 10.7. The van der Waals surface area contributed by atoms with Gasteiger partial charge in [-0.3, -0.25) is 0 Å². The highest BCUT2D eigenvalue weighted by Crippen LogP contribution is 2.58. The maximum atomic E-state index is 16.3. The van der Waals surface area contributed by atoms with E-state index in [2.05, 4.69) is 0 Å². The van der Waals surface area contributed by atoms with Crippen LogP contribution in [0.25, 0.3) is 22.3 Å². The summed E-state index contributed by atoms with van der Waals surface area (Å²) in [6.45, 7) is 2.36. The van der Waals surface area contributed by atoms with Crippen molar-refractivity contribution in [1.82, 2.24) is 0 Å². The highest BCUT2D eigenvalue weighted by molar-refractivity contribution is 6.81. The summed E-state index contributed by atoms with van der Waals surface area (Å²) in [5.74, 6) is -52.1. The largest absolute Gasteiger partial charge is 0.362 e. The van der Waals surface area contributed by atoms with Crippen molar-refractivity contribution in [1.29, 1.82) is 0 Å². The molecule has 4 aromatic carbocycles. The molecule has 20 heteroatoms. The zero-order chi connectivity index (χ0) is 36.4. The number of anilines is 2. The van der Waals surface area contributed by atoms with Gasteiger partial charge in [0, 0.05) is 11.1 Å². The first-order valence-electron chi connectivity index (χ1n) is 12.6. The van der Waals surface area contributed by atoms with Gasteiger partial charge in [0.15, 0.2) is 95.5 Å². The first kappa shape index (κ1) is 35.0. The Bertz CT molecular complexity index is 2090. The van der Waals surface area contributed by atoms with Gasteiger partial charge in [0.2, 0.25) is 5.82 Å². The van der Waals surface area contributed by atoms with Crippen molar-refractivity contribution in [2.75, 3.05) is 4.57 Å². The number of benzene rings is 4. The van der Waals surface area contributed by atoms with E-state index >= 15 is 30.7 Å². The molecule has 0 fully saturated rings. The monoisotopic (exact) mass is 729 g/mol. The van der Waals surface area contributed by atoms with Gasteiger partial charge in [-0.1, -0.05) is 19.6 Å². The van der Waals surface area contributed by atoms with E-state index < -0.39 is 157 Å². The number of hydrogen-bond donors (Lipinski definition) is 0. The number of halogens is 18. The smallest absolute Gasteiger partial charge is 0.305 e. The molecule has 0 bridgehead atoms. The zero-order valence-electron chi connectivity index (χ0n) is 23.3. The van der Waals surface area contributed by atoms with Crippen LogP contribution in [0.4, 0.5) is 90.4 Å². The predicted molar refractivity (Wildman–Crippen MR) is 132 cm³/mol. The van der Waals surface area contributed by atoms with Crippen molar-refractivity contribution in [2.45, 2.75) is 25.6 Å². The van der Waals surface area contributed by atoms with Gasteiger partial charge >= 0.3 is 5.92 Å². The van der Waals surface area contributed by atoms with Crippen molar-refractivity contribution >= 4 is 19.6 Å². The molecule has 0 saturated heterocycles. The summed E-state index contributed by atoms with van der Waals surface area (Å²) in [6.07, 6.45) is 0. The number of hydrogen-bond acceptors (Lipinski definition) is 1. The lowest BCUT2D eigenvalue weighted by atomic mass is 9.98. The molecule has 0 aliphatic heterocycles. The Labute approximate surface area is 255 Å². The average molecular weight is 729 g/mol. The second-order valence-corrected chi connectivity index (χ2v) is 15.8. The molecule has 0 saturated carbocycles. The van der Waals surface area contributed by atoms with Crippen molar-refractivity contribution in [3.63, 3.8) is 0 Å². The number of nitrogens with zero attached hydrogens (tertiary/aromatic N) is 1. The molecule has 4 aromatic rings. The Kier molecular flexibility index (Phi) is 7.88. The van der Waals surface area contributed by atoms with Crippen LogP contribution in [0.3, 0.4) is 0 Å². The Morgan fingerprint density at radius 2 is 0.625 bits per heavy atom. The summed E-state index contributed by atoms with van der Waals surface area (Å²) in [5.41, 5.74) is -19.4. The molecule has 1 nitrogen and oxygen atoms in total. The van der Waals surface area contributed by atoms with Crippen LogP contribution in [0.1, 0.15) is 11.1 Å². The average Bonchev–Trinajstić information content (AvgIpc) is 3.26. The Balaban J connectivity index is 2.02. The molecule has 0 unspecified atom stereocenters. The van der Waals surface area contributed by atoms with Crippen molar-refractivity contribution in [2.24, 2.45) is 0 Å². The quantitative estimate of drug-likeness (QED) is 0.0875. The Hall–Kier alpha value is -4.36. The maximum Gasteiger partial charge on any atom is 0.305 e. The van der Waals surface area contributed by atoms with E-state index in [9.17, 15) is 48.3 Å². The summed E-state index contributed by atoms with van der Waals surface area (Å²) in [7, 11) is -4.41. The number of rotatable bonds is 4. The fourth-order valence-electron chi connectivity index (χ4n) is 5.33. The zero-order valence-corrected chi connectivity index (χ0v) is 24.3. The second kappa shape index (κ2) is 10.8. The van der Waals surface area contributed by atoms with E-state index in [-0.39, 0.29) is 0 Å². The molecular formula is C28H9F18NSi. The van der Waals surface area contributed by atoms with Gasteiger partial charge in [0.1, 0.15) is 5.69 Å². The Morgan fingerprint density at radius 1 is 0.333 bits per heavy atom. The van der Waals surface area contributed by atoms with Crippen LogP contribution in [0.2, 0.25) is 19.6 Å². The minimum Gasteiger partial charge on any atom is -0.362 e. The lowest BCUT2D eigenvalue weighted by Crippen LogP contribution is -2.45. The topological polar surface area (TPSA) is 3.24 Å². The molecule has 5 rings (SSSR count). The maximum absolute atomic E-state index is 16.3. The third-order valence-corrected chi connectivity index (χ3v) is 9.05. The lowest BCUT2D eigenvalue weighted by molar-refractivity contribution is 0.0391. The van der Waals surface area contributed by atoms with Gasteiger partial charge in [0.05, 0.1) is 27.9 Å². The van der Waals surface area contributed by atoms with Gasteiger partial charge in [0.25, 0.3) is 0 Å². The van der Waals surface area contributed by atoms with Crippen LogP contribution < -0.4 is 4.57 Å². The minimum atomic E-state index is -5.45. The Morgan fingerprint density at radius 3 is 1.06 bits per heavy atom. The molecule has 0 spiro atoms. The highest BCUT2D eigenvalue weighted by atomic mass is 28.3. The van der Waals surface area contributed by atoms with Crippen molar-refractivity contribution in [3.8, 4) is 22.3 Å². The molecule has 0 atom stereocenters. The molecule has 1 aliphatic rings. The van der Waals surface area contributed by atoms with Crippen LogP contribution in [-0.4, -0.2) is 8.24 Å².